The van der Waals surface area contributed by atoms with Crippen LogP contribution in [-0.2, 0) is 14.8 Å². The molecular formula is C21H29N3O3S. The van der Waals surface area contributed by atoms with Gasteiger partial charge in [0, 0.05) is 13.6 Å². The number of sulfonamides is 1. The number of nitrogens with one attached hydrogen (secondary N) is 1. The molecule has 0 spiro atoms. The van der Waals surface area contributed by atoms with Gasteiger partial charge < -0.3 is 5.32 Å². The first kappa shape index (κ1) is 22.1. The Hall–Kier alpha value is -2.22. The third kappa shape index (κ3) is 5.64. The van der Waals surface area contributed by atoms with E-state index < -0.39 is 10.0 Å². The molecule has 152 valence electrons. The van der Waals surface area contributed by atoms with Crippen LogP contribution in [0.25, 0.3) is 0 Å². The highest BCUT2D eigenvalue weighted by Gasteiger charge is 2.24. The lowest BCUT2D eigenvalue weighted by molar-refractivity contribution is -0.121. The van der Waals surface area contributed by atoms with Crippen LogP contribution in [0, 0.1) is 0 Å². The van der Waals surface area contributed by atoms with Gasteiger partial charge in [-0.05, 0) is 30.8 Å². The second kappa shape index (κ2) is 10.4. The summed E-state index contributed by atoms with van der Waals surface area (Å²) in [7, 11) is -2.27. The molecule has 0 saturated heterocycles. The van der Waals surface area contributed by atoms with Crippen molar-refractivity contribution in [3.63, 3.8) is 0 Å². The highest BCUT2D eigenvalue weighted by Crippen LogP contribution is 2.19. The largest absolute Gasteiger partial charge is 0.353 e. The van der Waals surface area contributed by atoms with Gasteiger partial charge in [0.05, 0.1) is 17.5 Å². The van der Waals surface area contributed by atoms with Crippen LogP contribution in [0.15, 0.2) is 65.6 Å². The summed E-state index contributed by atoms with van der Waals surface area (Å²) >= 11 is 0. The fourth-order valence-electron chi connectivity index (χ4n) is 3.12. The lowest BCUT2D eigenvalue weighted by Crippen LogP contribution is -2.42. The zero-order valence-electron chi connectivity index (χ0n) is 16.7. The minimum absolute atomic E-state index is 0.0381. The minimum Gasteiger partial charge on any atom is -0.353 e. The van der Waals surface area contributed by atoms with Crippen molar-refractivity contribution in [1.82, 2.24) is 14.5 Å². The predicted octanol–water partition coefficient (Wildman–Crippen LogP) is 2.51. The van der Waals surface area contributed by atoms with Crippen molar-refractivity contribution in [3.8, 4) is 0 Å². The molecule has 1 atom stereocenters. The second-order valence-electron chi connectivity index (χ2n) is 6.53. The van der Waals surface area contributed by atoms with E-state index in [2.05, 4.69) is 24.1 Å². The number of amides is 1. The first-order valence-corrected chi connectivity index (χ1v) is 10.9. The van der Waals surface area contributed by atoms with Crippen LogP contribution in [-0.4, -0.2) is 56.8 Å². The predicted molar refractivity (Wildman–Crippen MR) is 111 cm³/mol. The Bertz CT molecular complexity index is 838. The number of carbonyl (C=O) groups is 1. The summed E-state index contributed by atoms with van der Waals surface area (Å²) in [6.45, 7) is 6.08. The van der Waals surface area contributed by atoms with Gasteiger partial charge in [0.25, 0.3) is 0 Å². The van der Waals surface area contributed by atoms with Gasteiger partial charge in [-0.2, -0.15) is 4.31 Å². The molecular weight excluding hydrogens is 374 g/mol. The molecule has 2 aromatic carbocycles. The van der Waals surface area contributed by atoms with Crippen molar-refractivity contribution in [2.75, 3.05) is 33.2 Å². The Labute approximate surface area is 168 Å². The van der Waals surface area contributed by atoms with E-state index in [4.69, 9.17) is 0 Å². The molecule has 1 unspecified atom stereocenters. The van der Waals surface area contributed by atoms with Crippen LogP contribution in [0.4, 0.5) is 0 Å². The maximum atomic E-state index is 12.6. The van der Waals surface area contributed by atoms with Crippen LogP contribution >= 0.6 is 0 Å². The molecule has 6 nitrogen and oxygen atoms in total. The van der Waals surface area contributed by atoms with Crippen molar-refractivity contribution in [3.05, 3.63) is 66.2 Å². The minimum atomic E-state index is -3.69. The van der Waals surface area contributed by atoms with Crippen molar-refractivity contribution in [1.29, 1.82) is 0 Å². The van der Waals surface area contributed by atoms with Crippen LogP contribution in [0.2, 0.25) is 0 Å². The summed E-state index contributed by atoms with van der Waals surface area (Å²) in [5, 5.41) is 2.90. The summed E-state index contributed by atoms with van der Waals surface area (Å²) in [6.07, 6.45) is 0. The van der Waals surface area contributed by atoms with Crippen LogP contribution in [0.3, 0.4) is 0 Å². The summed E-state index contributed by atoms with van der Waals surface area (Å²) in [4.78, 5) is 14.9. The Balaban J connectivity index is 2.03. The Kier molecular flexibility index (Phi) is 8.17. The molecule has 0 aromatic heterocycles. The normalized spacial score (nSPS) is 12.9. The van der Waals surface area contributed by atoms with E-state index in [1.807, 2.05) is 30.3 Å². The Morgan fingerprint density at radius 3 is 2.04 bits per heavy atom. The highest BCUT2D eigenvalue weighted by molar-refractivity contribution is 7.89. The molecule has 0 bridgehead atoms. The molecule has 0 radical (unpaired) electrons. The van der Waals surface area contributed by atoms with E-state index in [1.54, 1.807) is 18.2 Å². The Morgan fingerprint density at radius 2 is 1.50 bits per heavy atom. The molecule has 1 amide bonds. The van der Waals surface area contributed by atoms with Gasteiger partial charge in [-0.3, -0.25) is 9.69 Å². The van der Waals surface area contributed by atoms with Gasteiger partial charge in [-0.15, -0.1) is 0 Å². The zero-order chi connectivity index (χ0) is 20.6. The van der Waals surface area contributed by atoms with Gasteiger partial charge in [0.1, 0.15) is 0 Å². The van der Waals surface area contributed by atoms with Gasteiger partial charge in [0.15, 0.2) is 0 Å². The molecule has 0 aliphatic heterocycles. The van der Waals surface area contributed by atoms with Crippen molar-refractivity contribution in [2.24, 2.45) is 0 Å². The quantitative estimate of drug-likeness (QED) is 0.662. The fraction of sp³-hybridized carbons (Fsp3) is 0.381. The highest BCUT2D eigenvalue weighted by atomic mass is 32.2. The van der Waals surface area contributed by atoms with Crippen molar-refractivity contribution < 1.29 is 13.2 Å². The van der Waals surface area contributed by atoms with Gasteiger partial charge >= 0.3 is 0 Å². The van der Waals surface area contributed by atoms with Gasteiger partial charge in [-0.25, -0.2) is 8.42 Å². The molecule has 0 saturated carbocycles. The molecule has 0 heterocycles. The van der Waals surface area contributed by atoms with E-state index in [1.165, 1.54) is 19.2 Å². The van der Waals surface area contributed by atoms with Crippen LogP contribution in [0.5, 0.6) is 0 Å². The van der Waals surface area contributed by atoms with E-state index in [0.29, 0.717) is 6.54 Å². The maximum absolute atomic E-state index is 12.6. The average Bonchev–Trinajstić information content (AvgIpc) is 2.72. The molecule has 7 heteroatoms. The maximum Gasteiger partial charge on any atom is 0.243 e. The molecule has 0 aliphatic carbocycles. The summed E-state index contributed by atoms with van der Waals surface area (Å²) in [5.74, 6) is -0.324. The standard InChI is InChI=1S/C21H29N3O3S/c1-4-24(5-2)20(18-12-8-6-9-13-18)16-22-21(25)17-23(3)28(26,27)19-14-10-7-11-15-19/h6-15,20H,4-5,16-17H2,1-3H3,(H,22,25). The average molecular weight is 404 g/mol. The van der Waals surface area contributed by atoms with Crippen LogP contribution < -0.4 is 5.32 Å². The molecule has 0 aliphatic rings. The smallest absolute Gasteiger partial charge is 0.243 e. The lowest BCUT2D eigenvalue weighted by Gasteiger charge is -2.30. The van der Waals surface area contributed by atoms with Gasteiger partial charge in [0.2, 0.25) is 15.9 Å². The number of hydrogen-bond acceptors (Lipinski definition) is 4. The van der Waals surface area contributed by atoms with Crippen molar-refractivity contribution >= 4 is 15.9 Å². The number of benzene rings is 2. The molecule has 28 heavy (non-hydrogen) atoms. The third-order valence-electron chi connectivity index (χ3n) is 4.75. The number of nitrogens with zero attached hydrogens (tertiary/aromatic N) is 2. The third-order valence-corrected chi connectivity index (χ3v) is 6.57. The molecule has 2 rings (SSSR count). The first-order valence-electron chi connectivity index (χ1n) is 9.47. The van der Waals surface area contributed by atoms with Crippen molar-refractivity contribution in [2.45, 2.75) is 24.8 Å². The zero-order valence-corrected chi connectivity index (χ0v) is 17.5. The monoisotopic (exact) mass is 403 g/mol. The van der Waals surface area contributed by atoms with E-state index >= 15 is 0 Å². The van der Waals surface area contributed by atoms with E-state index in [-0.39, 0.29) is 23.4 Å². The molecule has 1 N–H and O–H groups in total. The SMILES string of the molecule is CCN(CC)C(CNC(=O)CN(C)S(=O)(=O)c1ccccc1)c1ccccc1. The number of likely N-dealkylation sites (N-methyl/N-ethyl adjacent to an activating group) is 2. The number of hydrogen-bond donors (Lipinski definition) is 1. The second-order valence-corrected chi connectivity index (χ2v) is 8.57. The van der Waals surface area contributed by atoms with E-state index in [9.17, 15) is 13.2 Å². The summed E-state index contributed by atoms with van der Waals surface area (Å²) in [6, 6.07) is 18.2. The summed E-state index contributed by atoms with van der Waals surface area (Å²) < 4.78 is 26.2. The fourth-order valence-corrected chi connectivity index (χ4v) is 4.27. The molecule has 2 aromatic rings. The molecule has 0 fully saturated rings. The first-order chi connectivity index (χ1) is 13.4. The number of rotatable bonds is 10. The van der Waals surface area contributed by atoms with E-state index in [0.717, 1.165) is 23.0 Å². The van der Waals surface area contributed by atoms with Crippen LogP contribution in [0.1, 0.15) is 25.5 Å². The van der Waals surface area contributed by atoms with Gasteiger partial charge in [-0.1, -0.05) is 62.4 Å². The Morgan fingerprint density at radius 1 is 0.964 bits per heavy atom. The topological polar surface area (TPSA) is 69.7 Å². The number of carbonyl (C=O) groups excluding carboxylic acids is 1. The summed E-state index contributed by atoms with van der Waals surface area (Å²) in [5.41, 5.74) is 1.12. The lowest BCUT2D eigenvalue weighted by atomic mass is 10.1.